The number of methoxy groups -OCH3 is 2. The summed E-state index contributed by atoms with van der Waals surface area (Å²) in [6.45, 7) is 1.95. The minimum absolute atomic E-state index is 0.109. The van der Waals surface area contributed by atoms with Gasteiger partial charge in [-0.3, -0.25) is 0 Å². The van der Waals surface area contributed by atoms with Gasteiger partial charge in [-0.25, -0.2) is 4.79 Å². The molecule has 0 aliphatic rings. The second-order valence-corrected chi connectivity index (χ2v) is 4.64. The lowest BCUT2D eigenvalue weighted by Crippen LogP contribution is -2.04. The van der Waals surface area contributed by atoms with E-state index in [4.69, 9.17) is 25.8 Å². The molecular formula is C15H15ClO5. The Balaban J connectivity index is 2.79. The van der Waals surface area contributed by atoms with Crippen molar-refractivity contribution in [2.45, 2.75) is 6.92 Å². The first kappa shape index (κ1) is 15.3. The molecule has 21 heavy (non-hydrogen) atoms. The number of ether oxygens (including phenoxy) is 3. The Morgan fingerprint density at radius 3 is 2.52 bits per heavy atom. The van der Waals surface area contributed by atoms with Gasteiger partial charge >= 0.3 is 5.97 Å². The smallest absolute Gasteiger partial charge is 0.338 e. The maximum atomic E-state index is 11.8. The Hall–Kier alpha value is -2.14. The molecule has 0 saturated heterocycles. The summed E-state index contributed by atoms with van der Waals surface area (Å²) in [4.78, 5) is 11.8. The van der Waals surface area contributed by atoms with Crippen molar-refractivity contribution in [2.75, 3.05) is 20.8 Å². The molecule has 112 valence electrons. The van der Waals surface area contributed by atoms with Crippen molar-refractivity contribution in [1.82, 2.24) is 0 Å². The van der Waals surface area contributed by atoms with E-state index in [0.717, 1.165) is 0 Å². The first-order chi connectivity index (χ1) is 10.0. The van der Waals surface area contributed by atoms with Gasteiger partial charge in [0.15, 0.2) is 0 Å². The lowest BCUT2D eigenvalue weighted by molar-refractivity contribution is 0.0526. The number of fused-ring (bicyclic) bond motifs is 1. The van der Waals surface area contributed by atoms with Crippen molar-refractivity contribution in [3.8, 4) is 17.2 Å². The zero-order chi connectivity index (χ0) is 15.6. The van der Waals surface area contributed by atoms with Crippen molar-refractivity contribution in [3.63, 3.8) is 0 Å². The lowest BCUT2D eigenvalue weighted by atomic mass is 10.0. The van der Waals surface area contributed by atoms with Crippen LogP contribution < -0.4 is 9.47 Å². The second-order valence-electron chi connectivity index (χ2n) is 4.23. The molecule has 0 fully saturated rings. The monoisotopic (exact) mass is 310 g/mol. The number of halogens is 1. The van der Waals surface area contributed by atoms with Crippen LogP contribution in [0.4, 0.5) is 0 Å². The molecule has 0 aliphatic heterocycles. The molecule has 0 aliphatic carbocycles. The number of hydrogen-bond acceptors (Lipinski definition) is 5. The van der Waals surface area contributed by atoms with Crippen molar-refractivity contribution in [2.24, 2.45) is 0 Å². The van der Waals surface area contributed by atoms with Crippen molar-refractivity contribution in [3.05, 3.63) is 28.8 Å². The minimum atomic E-state index is -0.532. The summed E-state index contributed by atoms with van der Waals surface area (Å²) in [7, 11) is 2.93. The largest absolute Gasteiger partial charge is 0.507 e. The molecule has 0 bridgehead atoms. The Bertz CT molecular complexity index is 696. The number of rotatable bonds is 4. The van der Waals surface area contributed by atoms with E-state index < -0.39 is 5.97 Å². The number of phenolic OH excluding ortho intramolecular Hbond substituents is 1. The van der Waals surface area contributed by atoms with Crippen LogP contribution in [0.15, 0.2) is 18.2 Å². The molecule has 1 N–H and O–H groups in total. The molecule has 0 atom stereocenters. The summed E-state index contributed by atoms with van der Waals surface area (Å²) in [5.74, 6) is 0.107. The molecule has 2 aromatic carbocycles. The number of carbonyl (C=O) groups excluding carboxylic acids is 1. The zero-order valence-electron chi connectivity index (χ0n) is 11.9. The highest BCUT2D eigenvalue weighted by atomic mass is 35.5. The third-order valence-electron chi connectivity index (χ3n) is 3.02. The maximum Gasteiger partial charge on any atom is 0.338 e. The first-order valence-corrected chi connectivity index (χ1v) is 6.65. The van der Waals surface area contributed by atoms with E-state index >= 15 is 0 Å². The van der Waals surface area contributed by atoms with E-state index in [1.165, 1.54) is 20.3 Å². The lowest BCUT2D eigenvalue weighted by Gasteiger charge is -2.14. The molecule has 2 rings (SSSR count). The van der Waals surface area contributed by atoms with Gasteiger partial charge in [0.1, 0.15) is 17.2 Å². The molecule has 0 radical (unpaired) electrons. The highest BCUT2D eigenvalue weighted by molar-refractivity contribution is 6.33. The van der Waals surface area contributed by atoms with Crippen molar-refractivity contribution < 1.29 is 24.1 Å². The molecular weight excluding hydrogens is 296 g/mol. The van der Waals surface area contributed by atoms with E-state index in [-0.39, 0.29) is 17.9 Å². The predicted molar refractivity (Wildman–Crippen MR) is 79.7 cm³/mol. The summed E-state index contributed by atoms with van der Waals surface area (Å²) < 4.78 is 15.4. The van der Waals surface area contributed by atoms with Crippen LogP contribution in [0.1, 0.15) is 17.3 Å². The topological polar surface area (TPSA) is 65.0 Å². The summed E-state index contributed by atoms with van der Waals surface area (Å²) in [5.41, 5.74) is 0.212. The molecule has 0 amide bonds. The van der Waals surface area contributed by atoms with Crippen LogP contribution in [0.25, 0.3) is 10.8 Å². The highest BCUT2D eigenvalue weighted by Crippen LogP contribution is 2.43. The Morgan fingerprint density at radius 2 is 1.95 bits per heavy atom. The number of benzene rings is 2. The van der Waals surface area contributed by atoms with Gasteiger partial charge in [-0.1, -0.05) is 11.6 Å². The van der Waals surface area contributed by atoms with E-state index in [2.05, 4.69) is 0 Å². The average Bonchev–Trinajstić information content (AvgIpc) is 2.46. The zero-order valence-corrected chi connectivity index (χ0v) is 12.7. The van der Waals surface area contributed by atoms with Crippen LogP contribution in [0.2, 0.25) is 5.02 Å². The quantitative estimate of drug-likeness (QED) is 0.877. The second kappa shape index (κ2) is 6.10. The van der Waals surface area contributed by atoms with Crippen molar-refractivity contribution in [1.29, 1.82) is 0 Å². The third-order valence-corrected chi connectivity index (χ3v) is 3.30. The summed E-state index contributed by atoms with van der Waals surface area (Å²) in [6.07, 6.45) is 0. The Morgan fingerprint density at radius 1 is 1.24 bits per heavy atom. The van der Waals surface area contributed by atoms with Crippen LogP contribution >= 0.6 is 11.6 Å². The van der Waals surface area contributed by atoms with Gasteiger partial charge in [0.05, 0.1) is 36.8 Å². The molecule has 0 unspecified atom stereocenters. The fourth-order valence-corrected chi connectivity index (χ4v) is 2.43. The fraction of sp³-hybridized carbons (Fsp3) is 0.267. The Labute approximate surface area is 127 Å². The van der Waals surface area contributed by atoms with Gasteiger partial charge in [-0.2, -0.15) is 0 Å². The molecule has 6 heteroatoms. The van der Waals surface area contributed by atoms with Gasteiger partial charge in [0.2, 0.25) is 0 Å². The number of hydrogen-bond donors (Lipinski definition) is 1. The summed E-state index contributed by atoms with van der Waals surface area (Å²) in [6, 6.07) is 4.43. The number of phenols is 1. The molecule has 0 saturated carbocycles. The van der Waals surface area contributed by atoms with Crippen LogP contribution in [0.5, 0.6) is 17.2 Å². The van der Waals surface area contributed by atoms with Gasteiger partial charge in [-0.05, 0) is 19.1 Å². The number of aromatic hydroxyl groups is 1. The van der Waals surface area contributed by atoms with Crippen molar-refractivity contribution >= 4 is 28.3 Å². The number of carbonyl (C=O) groups is 1. The van der Waals surface area contributed by atoms with Gasteiger partial charge in [0, 0.05) is 11.5 Å². The van der Waals surface area contributed by atoms with E-state index in [9.17, 15) is 9.90 Å². The first-order valence-electron chi connectivity index (χ1n) is 6.27. The molecule has 5 nitrogen and oxygen atoms in total. The van der Waals surface area contributed by atoms with Gasteiger partial charge in [0.25, 0.3) is 0 Å². The van der Waals surface area contributed by atoms with Gasteiger partial charge < -0.3 is 19.3 Å². The standard InChI is InChI=1S/C15H15ClO5/c1-4-21-15(18)8-5-9-13(11(17)6-8)12(19-2)7-10(16)14(9)20-3/h5-7,17H,4H2,1-3H3. The van der Waals surface area contributed by atoms with E-state index in [0.29, 0.717) is 27.3 Å². The van der Waals surface area contributed by atoms with Crippen LogP contribution in [-0.4, -0.2) is 31.9 Å². The summed E-state index contributed by atoms with van der Waals surface area (Å²) >= 11 is 6.13. The van der Waals surface area contributed by atoms with E-state index in [1.54, 1.807) is 19.1 Å². The van der Waals surface area contributed by atoms with E-state index in [1.807, 2.05) is 0 Å². The average molecular weight is 311 g/mol. The molecule has 0 spiro atoms. The normalized spacial score (nSPS) is 10.5. The summed E-state index contributed by atoms with van der Waals surface area (Å²) in [5, 5.41) is 11.4. The van der Waals surface area contributed by atoms with Crippen LogP contribution in [0, 0.1) is 0 Å². The number of esters is 1. The van der Waals surface area contributed by atoms with Crippen LogP contribution in [-0.2, 0) is 4.74 Å². The fourth-order valence-electron chi connectivity index (χ4n) is 2.15. The van der Waals surface area contributed by atoms with Crippen LogP contribution in [0.3, 0.4) is 0 Å². The Kier molecular flexibility index (Phi) is 4.43. The molecule has 0 heterocycles. The highest BCUT2D eigenvalue weighted by Gasteiger charge is 2.19. The molecule has 2 aromatic rings. The van der Waals surface area contributed by atoms with Gasteiger partial charge in [-0.15, -0.1) is 0 Å². The predicted octanol–water partition coefficient (Wildman–Crippen LogP) is 3.39. The third kappa shape index (κ3) is 2.69. The molecule has 0 aromatic heterocycles. The minimum Gasteiger partial charge on any atom is -0.507 e. The SMILES string of the molecule is CCOC(=O)c1cc(O)c2c(OC)cc(Cl)c(OC)c2c1. The maximum absolute atomic E-state index is 11.8.